The number of likely N-dealkylation sites (N-methyl/N-ethyl adjacent to an activating group) is 1. The molecule has 0 spiro atoms. The summed E-state index contributed by atoms with van der Waals surface area (Å²) in [4.78, 5) is 13.1. The van der Waals surface area contributed by atoms with Gasteiger partial charge in [-0.15, -0.1) is 0 Å². The second kappa shape index (κ2) is 5.00. The molecular weight excluding hydrogens is 216 g/mol. The lowest BCUT2D eigenvalue weighted by molar-refractivity contribution is -0.116. The Morgan fingerprint density at radius 1 is 1.53 bits per heavy atom. The van der Waals surface area contributed by atoms with E-state index in [2.05, 4.69) is 5.32 Å². The molecule has 1 aromatic rings. The van der Waals surface area contributed by atoms with Crippen LogP contribution in [0.5, 0.6) is 5.75 Å². The van der Waals surface area contributed by atoms with Crippen molar-refractivity contribution in [3.8, 4) is 5.75 Å². The third-order valence-electron chi connectivity index (χ3n) is 1.69. The Morgan fingerprint density at radius 3 is 2.73 bits per heavy atom. The molecule has 0 bridgehead atoms. The molecule has 0 aliphatic heterocycles. The van der Waals surface area contributed by atoms with Crippen LogP contribution < -0.4 is 5.32 Å². The first-order valence-corrected chi connectivity index (χ1v) is 4.80. The first-order valence-electron chi connectivity index (χ1n) is 4.42. The summed E-state index contributed by atoms with van der Waals surface area (Å²) in [6.07, 6.45) is 0. The van der Waals surface area contributed by atoms with Crippen molar-refractivity contribution in [3.05, 3.63) is 23.2 Å². The van der Waals surface area contributed by atoms with E-state index in [9.17, 15) is 4.79 Å². The van der Waals surface area contributed by atoms with E-state index < -0.39 is 0 Å². The molecule has 5 heteroatoms. The minimum absolute atomic E-state index is 0.0746. The lowest BCUT2D eigenvalue weighted by Gasteiger charge is -2.11. The smallest absolute Gasteiger partial charge is 0.238 e. The summed E-state index contributed by atoms with van der Waals surface area (Å²) in [5.74, 6) is -0.0711. The molecule has 1 aromatic carbocycles. The topological polar surface area (TPSA) is 52.6 Å². The van der Waals surface area contributed by atoms with Crippen molar-refractivity contribution in [2.45, 2.75) is 0 Å². The number of benzene rings is 1. The standard InChI is InChI=1S/C10H13ClN2O2/c1-13(2)6-10(15)12-9-4-3-7(14)5-8(9)11/h3-5,14H,6H2,1-2H3,(H,12,15). The average molecular weight is 229 g/mol. The molecule has 82 valence electrons. The molecule has 0 saturated carbocycles. The van der Waals surface area contributed by atoms with E-state index in [-0.39, 0.29) is 18.2 Å². The van der Waals surface area contributed by atoms with Gasteiger partial charge in [0, 0.05) is 6.07 Å². The molecule has 1 rings (SSSR count). The van der Waals surface area contributed by atoms with Gasteiger partial charge < -0.3 is 15.3 Å². The van der Waals surface area contributed by atoms with Crippen molar-refractivity contribution < 1.29 is 9.90 Å². The molecule has 0 aromatic heterocycles. The number of nitrogens with one attached hydrogen (secondary N) is 1. The summed E-state index contributed by atoms with van der Waals surface area (Å²) in [5.41, 5.74) is 0.501. The van der Waals surface area contributed by atoms with Crippen molar-refractivity contribution in [2.24, 2.45) is 0 Å². The molecule has 0 unspecified atom stereocenters. The monoisotopic (exact) mass is 228 g/mol. The maximum atomic E-state index is 11.4. The Kier molecular flexibility index (Phi) is 3.94. The van der Waals surface area contributed by atoms with Gasteiger partial charge in [0.05, 0.1) is 17.3 Å². The van der Waals surface area contributed by atoms with E-state index in [4.69, 9.17) is 16.7 Å². The van der Waals surface area contributed by atoms with Crippen LogP contribution in [0.3, 0.4) is 0 Å². The zero-order valence-electron chi connectivity index (χ0n) is 8.62. The number of phenols is 1. The number of hydrogen-bond acceptors (Lipinski definition) is 3. The number of phenolic OH excluding ortho intramolecular Hbond substituents is 1. The molecule has 1 amide bonds. The first kappa shape index (κ1) is 11.8. The fourth-order valence-electron chi connectivity index (χ4n) is 1.08. The van der Waals surface area contributed by atoms with Crippen LogP contribution in [0.1, 0.15) is 0 Å². The average Bonchev–Trinajstić information content (AvgIpc) is 2.08. The zero-order valence-corrected chi connectivity index (χ0v) is 9.38. The lowest BCUT2D eigenvalue weighted by atomic mass is 10.3. The van der Waals surface area contributed by atoms with E-state index in [0.717, 1.165) is 0 Å². The van der Waals surface area contributed by atoms with Crippen LogP contribution in [0.15, 0.2) is 18.2 Å². The van der Waals surface area contributed by atoms with Gasteiger partial charge in [0.1, 0.15) is 5.75 Å². The number of nitrogens with zero attached hydrogens (tertiary/aromatic N) is 1. The number of hydrogen-bond donors (Lipinski definition) is 2. The maximum absolute atomic E-state index is 11.4. The summed E-state index contributed by atoms with van der Waals surface area (Å²) in [6.45, 7) is 0.289. The molecule has 0 saturated heterocycles. The SMILES string of the molecule is CN(C)CC(=O)Nc1ccc(O)cc1Cl. The molecule has 2 N–H and O–H groups in total. The predicted octanol–water partition coefficient (Wildman–Crippen LogP) is 1.55. The van der Waals surface area contributed by atoms with Gasteiger partial charge in [0.2, 0.25) is 5.91 Å². The molecule has 0 aliphatic rings. The van der Waals surface area contributed by atoms with E-state index in [1.54, 1.807) is 25.1 Å². The summed E-state index contributed by atoms with van der Waals surface area (Å²) in [7, 11) is 3.61. The van der Waals surface area contributed by atoms with Crippen LogP contribution in [-0.4, -0.2) is 36.6 Å². The quantitative estimate of drug-likeness (QED) is 0.772. The van der Waals surface area contributed by atoms with Gasteiger partial charge >= 0.3 is 0 Å². The summed E-state index contributed by atoms with van der Waals surface area (Å²) >= 11 is 5.82. The molecule has 0 radical (unpaired) electrons. The second-order valence-electron chi connectivity index (χ2n) is 3.45. The summed E-state index contributed by atoms with van der Waals surface area (Å²) < 4.78 is 0. The van der Waals surface area contributed by atoms with E-state index in [0.29, 0.717) is 10.7 Å². The Labute approximate surface area is 93.5 Å². The summed E-state index contributed by atoms with van der Waals surface area (Å²) in [6, 6.07) is 4.41. The largest absolute Gasteiger partial charge is 0.508 e. The third kappa shape index (κ3) is 3.77. The number of carbonyl (C=O) groups excluding carboxylic acids is 1. The van der Waals surface area contributed by atoms with E-state index >= 15 is 0 Å². The highest BCUT2D eigenvalue weighted by Crippen LogP contribution is 2.25. The van der Waals surface area contributed by atoms with Gasteiger partial charge in [-0.25, -0.2) is 0 Å². The molecular formula is C10H13ClN2O2. The van der Waals surface area contributed by atoms with Gasteiger partial charge in [-0.2, -0.15) is 0 Å². The second-order valence-corrected chi connectivity index (χ2v) is 3.86. The minimum Gasteiger partial charge on any atom is -0.508 e. The highest BCUT2D eigenvalue weighted by molar-refractivity contribution is 6.33. The Bertz CT molecular complexity index is 366. The van der Waals surface area contributed by atoms with Crippen LogP contribution in [0.4, 0.5) is 5.69 Å². The van der Waals surface area contributed by atoms with E-state index in [1.807, 2.05) is 0 Å². The van der Waals surface area contributed by atoms with Gasteiger partial charge in [-0.3, -0.25) is 4.79 Å². The van der Waals surface area contributed by atoms with Crippen molar-refractivity contribution >= 4 is 23.2 Å². The maximum Gasteiger partial charge on any atom is 0.238 e. The number of anilines is 1. The Morgan fingerprint density at radius 2 is 2.20 bits per heavy atom. The van der Waals surface area contributed by atoms with Crippen LogP contribution in [0.25, 0.3) is 0 Å². The summed E-state index contributed by atoms with van der Waals surface area (Å²) in [5, 5.41) is 12.1. The predicted molar refractivity (Wildman–Crippen MR) is 60.3 cm³/mol. The number of aromatic hydroxyl groups is 1. The van der Waals surface area contributed by atoms with Gasteiger partial charge in [-0.1, -0.05) is 11.6 Å². The third-order valence-corrected chi connectivity index (χ3v) is 2.00. The lowest BCUT2D eigenvalue weighted by Crippen LogP contribution is -2.27. The van der Waals surface area contributed by atoms with Crippen molar-refractivity contribution in [1.29, 1.82) is 0 Å². The molecule has 0 atom stereocenters. The number of halogens is 1. The van der Waals surface area contributed by atoms with Crippen LogP contribution in [-0.2, 0) is 4.79 Å². The zero-order chi connectivity index (χ0) is 11.4. The van der Waals surface area contributed by atoms with Gasteiger partial charge in [-0.05, 0) is 26.2 Å². The highest BCUT2D eigenvalue weighted by Gasteiger charge is 2.06. The fraction of sp³-hybridized carbons (Fsp3) is 0.300. The molecule has 0 fully saturated rings. The molecule has 0 aliphatic carbocycles. The minimum atomic E-state index is -0.146. The highest BCUT2D eigenvalue weighted by atomic mass is 35.5. The van der Waals surface area contributed by atoms with Crippen LogP contribution in [0.2, 0.25) is 5.02 Å². The van der Waals surface area contributed by atoms with E-state index in [1.165, 1.54) is 12.1 Å². The van der Waals surface area contributed by atoms with Crippen LogP contribution in [0, 0.1) is 0 Å². The number of amides is 1. The fourth-order valence-corrected chi connectivity index (χ4v) is 1.30. The Hall–Kier alpha value is -1.26. The van der Waals surface area contributed by atoms with Crippen molar-refractivity contribution in [3.63, 3.8) is 0 Å². The van der Waals surface area contributed by atoms with Gasteiger partial charge in [0.15, 0.2) is 0 Å². The van der Waals surface area contributed by atoms with Gasteiger partial charge in [0.25, 0.3) is 0 Å². The molecule has 15 heavy (non-hydrogen) atoms. The van der Waals surface area contributed by atoms with Crippen molar-refractivity contribution in [2.75, 3.05) is 26.0 Å². The molecule has 4 nitrogen and oxygen atoms in total. The first-order chi connectivity index (χ1) is 6.99. The normalized spacial score (nSPS) is 10.4. The molecule has 0 heterocycles. The van der Waals surface area contributed by atoms with Crippen LogP contribution >= 0.6 is 11.6 Å². The Balaban J connectivity index is 2.68. The number of carbonyl (C=O) groups is 1. The number of rotatable bonds is 3. The van der Waals surface area contributed by atoms with Crippen molar-refractivity contribution in [1.82, 2.24) is 4.90 Å².